The maximum Gasteiger partial charge on any atom is 0.242 e. The Morgan fingerprint density at radius 1 is 1.20 bits per heavy atom. The molecular formula is C15H20N4O. The Kier molecular flexibility index (Phi) is 4.40. The molecule has 0 radical (unpaired) electrons. The summed E-state index contributed by atoms with van der Waals surface area (Å²) in [5, 5.41) is 0. The van der Waals surface area contributed by atoms with Gasteiger partial charge in [-0.1, -0.05) is 29.8 Å². The van der Waals surface area contributed by atoms with Crippen molar-refractivity contribution in [1.29, 1.82) is 0 Å². The Balaban J connectivity index is 2.18. The minimum atomic E-state index is 0.438. The van der Waals surface area contributed by atoms with Crippen molar-refractivity contribution in [3.63, 3.8) is 0 Å². The number of nitrogens with two attached hydrogens (primary N) is 1. The fourth-order valence-electron chi connectivity index (χ4n) is 1.97. The Morgan fingerprint density at radius 3 is 2.55 bits per heavy atom. The number of hydrogen-bond acceptors (Lipinski definition) is 5. The zero-order valence-electron chi connectivity index (χ0n) is 12.1. The zero-order chi connectivity index (χ0) is 14.5. The Hall–Kier alpha value is -2.30. The summed E-state index contributed by atoms with van der Waals surface area (Å²) in [5.74, 6) is 1.12. The summed E-state index contributed by atoms with van der Waals surface area (Å²) in [4.78, 5) is 10.3. The number of rotatable bonds is 5. The first-order valence-corrected chi connectivity index (χ1v) is 6.61. The molecule has 2 N–H and O–H groups in total. The lowest BCUT2D eigenvalue weighted by molar-refractivity contribution is 0.328. The van der Waals surface area contributed by atoms with Crippen molar-refractivity contribution in [3.05, 3.63) is 41.7 Å². The average molecular weight is 272 g/mol. The number of nitrogen functional groups attached to an aromatic ring is 1. The van der Waals surface area contributed by atoms with Gasteiger partial charge in [-0.05, 0) is 19.4 Å². The SMILES string of the molecule is CCOc1ncnc(N(C)Cc2ccc(C)cc2)c1N. The smallest absolute Gasteiger partial charge is 0.242 e. The number of aryl methyl sites for hydroxylation is 1. The largest absolute Gasteiger partial charge is 0.476 e. The normalized spacial score (nSPS) is 10.3. The van der Waals surface area contributed by atoms with Crippen LogP contribution in [0.25, 0.3) is 0 Å². The van der Waals surface area contributed by atoms with Gasteiger partial charge in [-0.25, -0.2) is 4.98 Å². The van der Waals surface area contributed by atoms with E-state index in [1.165, 1.54) is 17.5 Å². The molecule has 1 heterocycles. The van der Waals surface area contributed by atoms with Crippen molar-refractivity contribution in [2.75, 3.05) is 24.3 Å². The molecule has 2 rings (SSSR count). The van der Waals surface area contributed by atoms with Gasteiger partial charge in [0.15, 0.2) is 5.82 Å². The van der Waals surface area contributed by atoms with Gasteiger partial charge in [0.05, 0.1) is 6.61 Å². The van der Waals surface area contributed by atoms with E-state index in [1.54, 1.807) is 0 Å². The molecule has 5 nitrogen and oxygen atoms in total. The highest BCUT2D eigenvalue weighted by Gasteiger charge is 2.13. The van der Waals surface area contributed by atoms with Gasteiger partial charge in [0.2, 0.25) is 5.88 Å². The summed E-state index contributed by atoms with van der Waals surface area (Å²) < 4.78 is 5.39. The number of aromatic nitrogens is 2. The van der Waals surface area contributed by atoms with Crippen molar-refractivity contribution in [3.8, 4) is 5.88 Å². The van der Waals surface area contributed by atoms with E-state index >= 15 is 0 Å². The first-order valence-electron chi connectivity index (χ1n) is 6.61. The van der Waals surface area contributed by atoms with Gasteiger partial charge in [-0.2, -0.15) is 4.98 Å². The first-order chi connectivity index (χ1) is 9.61. The number of anilines is 2. The van der Waals surface area contributed by atoms with Crippen LogP contribution >= 0.6 is 0 Å². The van der Waals surface area contributed by atoms with E-state index in [0.717, 1.165) is 6.54 Å². The van der Waals surface area contributed by atoms with Crippen LogP contribution in [-0.2, 0) is 6.54 Å². The molecule has 0 spiro atoms. The molecule has 5 heteroatoms. The first kappa shape index (κ1) is 14.1. The molecule has 1 aromatic heterocycles. The summed E-state index contributed by atoms with van der Waals surface area (Å²) in [7, 11) is 1.95. The predicted octanol–water partition coefficient (Wildman–Crippen LogP) is 2.40. The van der Waals surface area contributed by atoms with E-state index in [-0.39, 0.29) is 0 Å². The van der Waals surface area contributed by atoms with Gasteiger partial charge in [-0.15, -0.1) is 0 Å². The molecule has 2 aromatic rings. The van der Waals surface area contributed by atoms with Crippen molar-refractivity contribution < 1.29 is 4.74 Å². The van der Waals surface area contributed by atoms with Crippen LogP contribution < -0.4 is 15.4 Å². The molecule has 0 aliphatic heterocycles. The predicted molar refractivity (Wildman–Crippen MR) is 80.9 cm³/mol. The van der Waals surface area contributed by atoms with Crippen molar-refractivity contribution in [2.24, 2.45) is 0 Å². The van der Waals surface area contributed by atoms with Crippen molar-refractivity contribution in [1.82, 2.24) is 9.97 Å². The second-order valence-corrected chi connectivity index (χ2v) is 4.69. The van der Waals surface area contributed by atoms with Crippen LogP contribution in [0.4, 0.5) is 11.5 Å². The molecule has 0 aliphatic rings. The zero-order valence-corrected chi connectivity index (χ0v) is 12.1. The summed E-state index contributed by atoms with van der Waals surface area (Å²) in [6.45, 7) is 5.23. The topological polar surface area (TPSA) is 64.3 Å². The van der Waals surface area contributed by atoms with E-state index in [1.807, 2.05) is 18.9 Å². The standard InChI is InChI=1S/C15H20N4O/c1-4-20-15-13(16)14(17-10-18-15)19(3)9-12-7-5-11(2)6-8-12/h5-8,10H,4,9,16H2,1-3H3. The molecule has 1 aromatic carbocycles. The van der Waals surface area contributed by atoms with Crippen LogP contribution in [0, 0.1) is 6.92 Å². The Morgan fingerprint density at radius 2 is 1.90 bits per heavy atom. The number of benzene rings is 1. The van der Waals surface area contributed by atoms with E-state index in [2.05, 4.69) is 41.2 Å². The highest BCUT2D eigenvalue weighted by molar-refractivity contribution is 5.67. The third-order valence-electron chi connectivity index (χ3n) is 3.01. The van der Waals surface area contributed by atoms with Crippen molar-refractivity contribution in [2.45, 2.75) is 20.4 Å². The molecule has 0 unspecified atom stereocenters. The maximum atomic E-state index is 6.06. The number of nitrogens with zero attached hydrogens (tertiary/aromatic N) is 3. The molecule has 0 saturated carbocycles. The summed E-state index contributed by atoms with van der Waals surface area (Å²) in [5.41, 5.74) is 8.98. The van der Waals surface area contributed by atoms with Gasteiger partial charge < -0.3 is 15.4 Å². The van der Waals surface area contributed by atoms with Gasteiger partial charge in [-0.3, -0.25) is 0 Å². The van der Waals surface area contributed by atoms with Crippen LogP contribution in [0.5, 0.6) is 5.88 Å². The third-order valence-corrected chi connectivity index (χ3v) is 3.01. The molecule has 20 heavy (non-hydrogen) atoms. The lowest BCUT2D eigenvalue weighted by Gasteiger charge is -2.20. The molecule has 0 fully saturated rings. The molecular weight excluding hydrogens is 252 g/mol. The average Bonchev–Trinajstić information content (AvgIpc) is 2.44. The minimum absolute atomic E-state index is 0.438. The molecule has 0 amide bonds. The van der Waals surface area contributed by atoms with Crippen LogP contribution in [0.3, 0.4) is 0 Å². The summed E-state index contributed by atoms with van der Waals surface area (Å²) in [6, 6.07) is 8.40. The number of hydrogen-bond donors (Lipinski definition) is 1. The van der Waals surface area contributed by atoms with E-state index in [0.29, 0.717) is 24.0 Å². The molecule has 0 saturated heterocycles. The van der Waals surface area contributed by atoms with Gasteiger partial charge in [0.1, 0.15) is 12.0 Å². The fourth-order valence-corrected chi connectivity index (χ4v) is 1.97. The van der Waals surface area contributed by atoms with Crippen molar-refractivity contribution >= 4 is 11.5 Å². The van der Waals surface area contributed by atoms with Crippen LogP contribution in [0.15, 0.2) is 30.6 Å². The van der Waals surface area contributed by atoms with Gasteiger partial charge in [0.25, 0.3) is 0 Å². The summed E-state index contributed by atoms with van der Waals surface area (Å²) in [6.07, 6.45) is 1.47. The van der Waals surface area contributed by atoms with Crippen LogP contribution in [0.1, 0.15) is 18.1 Å². The molecule has 106 valence electrons. The second kappa shape index (κ2) is 6.23. The van der Waals surface area contributed by atoms with E-state index < -0.39 is 0 Å². The lowest BCUT2D eigenvalue weighted by atomic mass is 10.1. The monoisotopic (exact) mass is 272 g/mol. The van der Waals surface area contributed by atoms with Crippen LogP contribution in [-0.4, -0.2) is 23.6 Å². The maximum absolute atomic E-state index is 6.06. The Bertz CT molecular complexity index is 569. The Labute approximate surface area is 119 Å². The minimum Gasteiger partial charge on any atom is -0.476 e. The van der Waals surface area contributed by atoms with E-state index in [9.17, 15) is 0 Å². The second-order valence-electron chi connectivity index (χ2n) is 4.69. The van der Waals surface area contributed by atoms with E-state index in [4.69, 9.17) is 10.5 Å². The highest BCUT2D eigenvalue weighted by Crippen LogP contribution is 2.27. The number of ether oxygens (including phenoxy) is 1. The fraction of sp³-hybridized carbons (Fsp3) is 0.333. The summed E-state index contributed by atoms with van der Waals surface area (Å²) >= 11 is 0. The van der Waals surface area contributed by atoms with Gasteiger partial charge in [0, 0.05) is 13.6 Å². The van der Waals surface area contributed by atoms with Gasteiger partial charge >= 0.3 is 0 Å². The third kappa shape index (κ3) is 3.17. The van der Waals surface area contributed by atoms with Crippen LogP contribution in [0.2, 0.25) is 0 Å². The molecule has 0 bridgehead atoms. The lowest BCUT2D eigenvalue weighted by Crippen LogP contribution is -2.20. The quantitative estimate of drug-likeness (QED) is 0.905. The molecule has 0 aliphatic carbocycles. The highest BCUT2D eigenvalue weighted by atomic mass is 16.5. The molecule has 0 atom stereocenters.